The van der Waals surface area contributed by atoms with E-state index in [4.69, 9.17) is 0 Å². The maximum atomic E-state index is 13.1. The molecule has 31 heavy (non-hydrogen) atoms. The van der Waals surface area contributed by atoms with Crippen LogP contribution in [-0.4, -0.2) is 24.1 Å². The van der Waals surface area contributed by atoms with Crippen molar-refractivity contribution in [3.63, 3.8) is 0 Å². The zero-order chi connectivity index (χ0) is 21.8. The van der Waals surface area contributed by atoms with Crippen LogP contribution in [0, 0.1) is 13.8 Å². The molecule has 0 atom stereocenters. The third-order valence-electron chi connectivity index (χ3n) is 5.77. The van der Waals surface area contributed by atoms with E-state index in [9.17, 15) is 13.2 Å². The van der Waals surface area contributed by atoms with Crippen LogP contribution in [-0.2, 0) is 21.3 Å². The minimum absolute atomic E-state index is 0.112. The molecule has 0 saturated heterocycles. The van der Waals surface area contributed by atoms with Crippen molar-refractivity contribution in [2.45, 2.75) is 25.4 Å². The van der Waals surface area contributed by atoms with E-state index in [0.717, 1.165) is 27.6 Å². The molecule has 0 saturated carbocycles. The van der Waals surface area contributed by atoms with Gasteiger partial charge in [0.05, 0.1) is 22.9 Å². The maximum absolute atomic E-state index is 13.1. The van der Waals surface area contributed by atoms with Gasteiger partial charge in [-0.3, -0.25) is 4.79 Å². The second-order valence-corrected chi connectivity index (χ2v) is 10.1. The number of nitrogens with zero attached hydrogens (tertiary/aromatic N) is 2. The lowest BCUT2D eigenvalue weighted by Crippen LogP contribution is -2.17. The number of anilines is 1. The summed E-state index contributed by atoms with van der Waals surface area (Å²) in [4.78, 5) is 13.1. The van der Waals surface area contributed by atoms with Crippen LogP contribution in [0.15, 0.2) is 60.7 Å². The molecule has 2 heterocycles. The summed E-state index contributed by atoms with van der Waals surface area (Å²) < 4.78 is 26.0. The summed E-state index contributed by atoms with van der Waals surface area (Å²) in [6.45, 7) is 4.03. The smallest absolute Gasteiger partial charge is 0.256 e. The van der Waals surface area contributed by atoms with E-state index >= 15 is 0 Å². The fourth-order valence-corrected chi connectivity index (χ4v) is 5.42. The SMILES string of the molecule is Cc1ccc(-n2nc3c(c2NC(=O)c2ccc4ccccc4c2)CS(=O)(=O)C3)cc1C. The highest BCUT2D eigenvalue weighted by atomic mass is 32.2. The number of amides is 1. The Morgan fingerprint density at radius 2 is 1.71 bits per heavy atom. The highest BCUT2D eigenvalue weighted by Gasteiger charge is 2.33. The molecule has 0 aliphatic carbocycles. The third kappa shape index (κ3) is 3.51. The standard InChI is InChI=1S/C24H21N3O3S/c1-15-7-10-20(11-16(15)2)27-23(21-13-31(29,30)14-22(21)26-27)25-24(28)19-9-8-17-5-3-4-6-18(17)12-19/h3-12H,13-14H2,1-2H3,(H,25,28). The lowest BCUT2D eigenvalue weighted by molar-refractivity contribution is 0.102. The second-order valence-electron chi connectivity index (χ2n) is 8.00. The average molecular weight is 432 g/mol. The third-order valence-corrected chi connectivity index (χ3v) is 7.21. The molecule has 1 aromatic heterocycles. The first-order valence-electron chi connectivity index (χ1n) is 10.00. The minimum Gasteiger partial charge on any atom is -0.306 e. The van der Waals surface area contributed by atoms with E-state index in [1.807, 2.05) is 68.4 Å². The Morgan fingerprint density at radius 1 is 0.935 bits per heavy atom. The number of rotatable bonds is 3. The summed E-state index contributed by atoms with van der Waals surface area (Å²) in [6, 6.07) is 19.2. The van der Waals surface area contributed by atoms with Gasteiger partial charge in [0.25, 0.3) is 5.91 Å². The van der Waals surface area contributed by atoms with Gasteiger partial charge in [0.1, 0.15) is 5.82 Å². The monoisotopic (exact) mass is 431 g/mol. The van der Waals surface area contributed by atoms with E-state index in [2.05, 4.69) is 10.4 Å². The van der Waals surface area contributed by atoms with Gasteiger partial charge in [0.15, 0.2) is 9.84 Å². The Balaban J connectivity index is 1.58. The molecule has 1 amide bonds. The van der Waals surface area contributed by atoms with Gasteiger partial charge in [-0.05, 0) is 60.0 Å². The molecule has 0 spiro atoms. The zero-order valence-electron chi connectivity index (χ0n) is 17.2. The van der Waals surface area contributed by atoms with Crippen molar-refractivity contribution in [3.05, 3.63) is 88.6 Å². The topological polar surface area (TPSA) is 81.1 Å². The van der Waals surface area contributed by atoms with Gasteiger partial charge in [0.2, 0.25) is 0 Å². The van der Waals surface area contributed by atoms with Crippen LogP contribution in [0.25, 0.3) is 16.5 Å². The molecule has 6 nitrogen and oxygen atoms in total. The Morgan fingerprint density at radius 3 is 2.48 bits per heavy atom. The Hall–Kier alpha value is -3.45. The molecule has 1 N–H and O–H groups in total. The molecule has 4 aromatic rings. The van der Waals surface area contributed by atoms with Crippen molar-refractivity contribution < 1.29 is 13.2 Å². The van der Waals surface area contributed by atoms with E-state index in [0.29, 0.717) is 22.6 Å². The van der Waals surface area contributed by atoms with Gasteiger partial charge < -0.3 is 5.32 Å². The number of carbonyl (C=O) groups excluding carboxylic acids is 1. The lowest BCUT2D eigenvalue weighted by atomic mass is 10.1. The van der Waals surface area contributed by atoms with Crippen LogP contribution >= 0.6 is 0 Å². The first-order chi connectivity index (χ1) is 14.8. The largest absolute Gasteiger partial charge is 0.306 e. The summed E-state index contributed by atoms with van der Waals surface area (Å²) in [6.07, 6.45) is 0. The van der Waals surface area contributed by atoms with Gasteiger partial charge in [-0.1, -0.05) is 36.4 Å². The van der Waals surface area contributed by atoms with Crippen LogP contribution in [0.1, 0.15) is 32.7 Å². The quantitative estimate of drug-likeness (QED) is 0.524. The number of hydrogen-bond acceptors (Lipinski definition) is 4. The van der Waals surface area contributed by atoms with Crippen LogP contribution < -0.4 is 5.32 Å². The summed E-state index contributed by atoms with van der Waals surface area (Å²) in [5.41, 5.74) is 4.57. The Bertz CT molecular complexity index is 1470. The summed E-state index contributed by atoms with van der Waals surface area (Å²) >= 11 is 0. The van der Waals surface area contributed by atoms with Crippen LogP contribution in [0.4, 0.5) is 5.82 Å². The molecule has 3 aromatic carbocycles. The van der Waals surface area contributed by atoms with Crippen molar-refractivity contribution in [3.8, 4) is 5.69 Å². The Labute approximate surface area is 180 Å². The minimum atomic E-state index is -3.25. The summed E-state index contributed by atoms with van der Waals surface area (Å²) in [5.74, 6) is -0.125. The number of sulfone groups is 1. The van der Waals surface area contributed by atoms with Gasteiger partial charge in [0, 0.05) is 11.1 Å². The highest BCUT2D eigenvalue weighted by Crippen LogP contribution is 2.33. The van der Waals surface area contributed by atoms with Crippen molar-refractivity contribution in [2.75, 3.05) is 5.32 Å². The molecule has 7 heteroatoms. The normalized spacial score (nSPS) is 14.5. The van der Waals surface area contributed by atoms with Crippen LogP contribution in [0.5, 0.6) is 0 Å². The number of aryl methyl sites for hydroxylation is 2. The fourth-order valence-electron chi connectivity index (χ4n) is 3.93. The second kappa shape index (κ2) is 7.06. The molecular weight excluding hydrogens is 410 g/mol. The molecule has 1 aliphatic rings. The maximum Gasteiger partial charge on any atom is 0.256 e. The van der Waals surface area contributed by atoms with Crippen molar-refractivity contribution >= 4 is 32.3 Å². The van der Waals surface area contributed by atoms with E-state index < -0.39 is 9.84 Å². The molecule has 0 fully saturated rings. The number of hydrogen-bond donors (Lipinski definition) is 1. The molecule has 1 aliphatic heterocycles. The van der Waals surface area contributed by atoms with Crippen LogP contribution in [0.3, 0.4) is 0 Å². The number of fused-ring (bicyclic) bond motifs is 2. The summed E-state index contributed by atoms with van der Waals surface area (Å²) in [5, 5.41) is 9.50. The fraction of sp³-hybridized carbons (Fsp3) is 0.167. The van der Waals surface area contributed by atoms with Crippen molar-refractivity contribution in [1.82, 2.24) is 9.78 Å². The number of benzene rings is 3. The predicted molar refractivity (Wildman–Crippen MR) is 121 cm³/mol. The van der Waals surface area contributed by atoms with Gasteiger partial charge in [-0.25, -0.2) is 13.1 Å². The predicted octanol–water partition coefficient (Wildman–Crippen LogP) is 4.32. The summed E-state index contributed by atoms with van der Waals surface area (Å²) in [7, 11) is -3.25. The van der Waals surface area contributed by atoms with Crippen molar-refractivity contribution in [1.29, 1.82) is 0 Å². The number of aromatic nitrogens is 2. The molecule has 156 valence electrons. The highest BCUT2D eigenvalue weighted by molar-refractivity contribution is 7.90. The Kier molecular flexibility index (Phi) is 4.44. The number of nitrogens with one attached hydrogen (secondary N) is 1. The zero-order valence-corrected chi connectivity index (χ0v) is 18.0. The lowest BCUT2D eigenvalue weighted by Gasteiger charge is -2.13. The molecule has 0 radical (unpaired) electrons. The van der Waals surface area contributed by atoms with E-state index in [1.54, 1.807) is 10.7 Å². The molecule has 0 bridgehead atoms. The first-order valence-corrected chi connectivity index (χ1v) is 11.8. The van der Waals surface area contributed by atoms with Gasteiger partial charge >= 0.3 is 0 Å². The van der Waals surface area contributed by atoms with E-state index in [-0.39, 0.29) is 17.4 Å². The molecular formula is C24H21N3O3S. The van der Waals surface area contributed by atoms with Gasteiger partial charge in [-0.2, -0.15) is 5.10 Å². The van der Waals surface area contributed by atoms with E-state index in [1.165, 1.54) is 0 Å². The average Bonchev–Trinajstić information content (AvgIpc) is 3.22. The van der Waals surface area contributed by atoms with Gasteiger partial charge in [-0.15, -0.1) is 0 Å². The first kappa shape index (κ1) is 19.5. The molecule has 5 rings (SSSR count). The van der Waals surface area contributed by atoms with Crippen LogP contribution in [0.2, 0.25) is 0 Å². The van der Waals surface area contributed by atoms with Crippen molar-refractivity contribution in [2.24, 2.45) is 0 Å². The molecule has 0 unspecified atom stereocenters. The number of carbonyl (C=O) groups is 1.